The van der Waals surface area contributed by atoms with Crippen LogP contribution in [0.5, 0.6) is 0 Å². The summed E-state index contributed by atoms with van der Waals surface area (Å²) in [5.41, 5.74) is 0.743. The molecule has 7 nitrogen and oxygen atoms in total. The number of H-pyrrole nitrogens is 1. The van der Waals surface area contributed by atoms with E-state index >= 15 is 0 Å². The van der Waals surface area contributed by atoms with Gasteiger partial charge in [-0.15, -0.1) is 0 Å². The molecule has 108 valence electrons. The molecule has 1 aromatic rings. The van der Waals surface area contributed by atoms with Crippen molar-refractivity contribution in [1.82, 2.24) is 14.9 Å². The summed E-state index contributed by atoms with van der Waals surface area (Å²) < 4.78 is 49.5. The van der Waals surface area contributed by atoms with Gasteiger partial charge in [-0.3, -0.25) is 5.10 Å². The molecule has 0 amide bonds. The van der Waals surface area contributed by atoms with Gasteiger partial charge in [0.15, 0.2) is 0 Å². The minimum Gasteiger partial charge on any atom is -0.285 e. The average Bonchev–Trinajstić information content (AvgIpc) is 2.81. The summed E-state index contributed by atoms with van der Waals surface area (Å²) >= 11 is 0. The van der Waals surface area contributed by atoms with Crippen LogP contribution in [0.1, 0.15) is 31.4 Å². The maximum atomic E-state index is 12.2. The summed E-state index contributed by atoms with van der Waals surface area (Å²) in [6.45, 7) is 1.72. The Hall–Kier alpha value is -0.930. The van der Waals surface area contributed by atoms with Gasteiger partial charge in [0.05, 0.1) is 23.0 Å². The molecule has 2 N–H and O–H groups in total. The number of sulfonamides is 1. The van der Waals surface area contributed by atoms with Crippen molar-refractivity contribution in [3.8, 4) is 0 Å². The predicted molar refractivity (Wildman–Crippen MR) is 70.7 cm³/mol. The lowest BCUT2D eigenvalue weighted by atomic mass is 10.2. The minimum absolute atomic E-state index is 0.0569. The normalized spacial score (nSPS) is 22.2. The summed E-state index contributed by atoms with van der Waals surface area (Å²) in [6, 6.07) is -0.387. The van der Waals surface area contributed by atoms with Gasteiger partial charge in [0.25, 0.3) is 0 Å². The van der Waals surface area contributed by atoms with E-state index < -0.39 is 25.1 Å². The highest BCUT2D eigenvalue weighted by Crippen LogP contribution is 2.21. The molecule has 2 rings (SSSR count). The average molecular weight is 307 g/mol. The number of aromatic amines is 1. The second-order valence-electron chi connectivity index (χ2n) is 4.77. The standard InChI is InChI=1S/C10H17N3O4S2/c1-8(9-6-11-12-7-9)13-19(16,17)10-2-4-18(14,15)5-3-10/h6-8,10,13H,2-5H2,1H3,(H,11,12). The zero-order chi connectivity index (χ0) is 14.1. The van der Waals surface area contributed by atoms with Crippen molar-refractivity contribution in [2.45, 2.75) is 31.1 Å². The lowest BCUT2D eigenvalue weighted by molar-refractivity contribution is 0.533. The van der Waals surface area contributed by atoms with Gasteiger partial charge < -0.3 is 0 Å². The summed E-state index contributed by atoms with van der Waals surface area (Å²) in [5.74, 6) is -0.114. The van der Waals surface area contributed by atoms with Gasteiger partial charge in [-0.25, -0.2) is 21.6 Å². The molecule has 1 aliphatic rings. The van der Waals surface area contributed by atoms with Crippen LogP contribution in [0.4, 0.5) is 0 Å². The van der Waals surface area contributed by atoms with Crippen molar-refractivity contribution in [2.24, 2.45) is 0 Å². The van der Waals surface area contributed by atoms with Crippen LogP contribution >= 0.6 is 0 Å². The van der Waals surface area contributed by atoms with Crippen LogP contribution in [0.2, 0.25) is 0 Å². The molecule has 0 saturated carbocycles. The molecule has 1 aromatic heterocycles. The molecular formula is C10H17N3O4S2. The van der Waals surface area contributed by atoms with Crippen molar-refractivity contribution >= 4 is 19.9 Å². The highest BCUT2D eigenvalue weighted by atomic mass is 32.2. The van der Waals surface area contributed by atoms with E-state index in [1.54, 1.807) is 19.3 Å². The molecular weight excluding hydrogens is 290 g/mol. The molecule has 0 aromatic carbocycles. The fraction of sp³-hybridized carbons (Fsp3) is 0.700. The second kappa shape index (κ2) is 5.22. The molecule has 1 aliphatic heterocycles. The Kier molecular flexibility index (Phi) is 3.98. The molecule has 1 atom stereocenters. The van der Waals surface area contributed by atoms with E-state index in [4.69, 9.17) is 0 Å². The quantitative estimate of drug-likeness (QED) is 0.811. The number of sulfone groups is 1. The summed E-state index contributed by atoms with van der Waals surface area (Å²) in [7, 11) is -6.57. The molecule has 1 saturated heterocycles. The van der Waals surface area contributed by atoms with Crippen molar-refractivity contribution < 1.29 is 16.8 Å². The lowest BCUT2D eigenvalue weighted by Crippen LogP contribution is -2.40. The first kappa shape index (κ1) is 14.5. The zero-order valence-corrected chi connectivity index (χ0v) is 12.2. The highest BCUT2D eigenvalue weighted by Gasteiger charge is 2.33. The third-order valence-electron chi connectivity index (χ3n) is 3.30. The number of nitrogens with zero attached hydrogens (tertiary/aromatic N) is 1. The Labute approximate surface area is 112 Å². The molecule has 2 heterocycles. The van der Waals surface area contributed by atoms with Gasteiger partial charge in [0, 0.05) is 17.8 Å². The Balaban J connectivity index is 2.03. The third kappa shape index (κ3) is 3.54. The van der Waals surface area contributed by atoms with Crippen LogP contribution in [-0.4, -0.2) is 43.8 Å². The fourth-order valence-electron chi connectivity index (χ4n) is 2.09. The maximum Gasteiger partial charge on any atom is 0.215 e. The maximum absolute atomic E-state index is 12.2. The van der Waals surface area contributed by atoms with Crippen LogP contribution in [0.15, 0.2) is 12.4 Å². The van der Waals surface area contributed by atoms with Gasteiger partial charge in [0.1, 0.15) is 9.84 Å². The van der Waals surface area contributed by atoms with Gasteiger partial charge >= 0.3 is 0 Å². The Morgan fingerprint density at radius 2 is 2.05 bits per heavy atom. The molecule has 0 aliphatic carbocycles. The van der Waals surface area contributed by atoms with Crippen LogP contribution in [-0.2, 0) is 19.9 Å². The van der Waals surface area contributed by atoms with Gasteiger partial charge in [-0.05, 0) is 19.8 Å². The van der Waals surface area contributed by atoms with E-state index in [9.17, 15) is 16.8 Å². The molecule has 0 spiro atoms. The first-order valence-electron chi connectivity index (χ1n) is 6.00. The Bertz CT molecular complexity index is 608. The first-order valence-corrected chi connectivity index (χ1v) is 9.37. The number of aromatic nitrogens is 2. The summed E-state index contributed by atoms with van der Waals surface area (Å²) in [6.07, 6.45) is 3.50. The molecule has 9 heteroatoms. The van der Waals surface area contributed by atoms with Crippen molar-refractivity contribution in [3.63, 3.8) is 0 Å². The molecule has 1 fully saturated rings. The van der Waals surface area contributed by atoms with Crippen molar-refractivity contribution in [2.75, 3.05) is 11.5 Å². The SMILES string of the molecule is CC(NS(=O)(=O)C1CCS(=O)(=O)CC1)c1cn[nH]c1. The monoisotopic (exact) mass is 307 g/mol. The van der Waals surface area contributed by atoms with Crippen molar-refractivity contribution in [1.29, 1.82) is 0 Å². The summed E-state index contributed by atoms with van der Waals surface area (Å²) in [5, 5.41) is 5.75. The number of rotatable bonds is 4. The summed E-state index contributed by atoms with van der Waals surface area (Å²) in [4.78, 5) is 0. The third-order valence-corrected chi connectivity index (χ3v) is 7.05. The van der Waals surface area contributed by atoms with E-state index in [0.717, 1.165) is 5.56 Å². The predicted octanol–water partition coefficient (Wildman–Crippen LogP) is -0.0327. The second-order valence-corrected chi connectivity index (χ2v) is 9.06. The number of hydrogen-bond donors (Lipinski definition) is 2. The zero-order valence-electron chi connectivity index (χ0n) is 10.5. The topological polar surface area (TPSA) is 109 Å². The van der Waals surface area contributed by atoms with Crippen LogP contribution in [0.3, 0.4) is 0 Å². The van der Waals surface area contributed by atoms with Crippen LogP contribution in [0, 0.1) is 0 Å². The Morgan fingerprint density at radius 1 is 1.42 bits per heavy atom. The van der Waals surface area contributed by atoms with E-state index in [1.165, 1.54) is 0 Å². The van der Waals surface area contributed by atoms with Gasteiger partial charge in [-0.1, -0.05) is 0 Å². The lowest BCUT2D eigenvalue weighted by Gasteiger charge is -2.24. The first-order chi connectivity index (χ1) is 8.80. The van der Waals surface area contributed by atoms with E-state index in [-0.39, 0.29) is 30.4 Å². The van der Waals surface area contributed by atoms with E-state index in [1.807, 2.05) is 0 Å². The largest absolute Gasteiger partial charge is 0.285 e. The van der Waals surface area contributed by atoms with E-state index in [2.05, 4.69) is 14.9 Å². The molecule has 19 heavy (non-hydrogen) atoms. The van der Waals surface area contributed by atoms with Gasteiger partial charge in [0.2, 0.25) is 10.0 Å². The van der Waals surface area contributed by atoms with Crippen LogP contribution < -0.4 is 4.72 Å². The molecule has 1 unspecified atom stereocenters. The molecule has 0 bridgehead atoms. The van der Waals surface area contributed by atoms with Crippen molar-refractivity contribution in [3.05, 3.63) is 18.0 Å². The number of hydrogen-bond acceptors (Lipinski definition) is 5. The smallest absolute Gasteiger partial charge is 0.215 e. The van der Waals surface area contributed by atoms with Gasteiger partial charge in [-0.2, -0.15) is 5.10 Å². The highest BCUT2D eigenvalue weighted by molar-refractivity contribution is 7.92. The number of nitrogens with one attached hydrogen (secondary N) is 2. The molecule has 0 radical (unpaired) electrons. The van der Waals surface area contributed by atoms with Crippen LogP contribution in [0.25, 0.3) is 0 Å². The van der Waals surface area contributed by atoms with E-state index in [0.29, 0.717) is 0 Å². The minimum atomic E-state index is -3.51. The Morgan fingerprint density at radius 3 is 2.58 bits per heavy atom. The fourth-order valence-corrected chi connectivity index (χ4v) is 5.55.